The van der Waals surface area contributed by atoms with Crippen LogP contribution in [-0.4, -0.2) is 35.6 Å². The summed E-state index contributed by atoms with van der Waals surface area (Å²) in [5.41, 5.74) is 0.678. The second kappa shape index (κ2) is 6.05. The molecule has 0 bridgehead atoms. The highest BCUT2D eigenvalue weighted by molar-refractivity contribution is 7.89. The number of sulfonamides is 1. The fraction of sp³-hybridized carbons (Fsp3) is 0.769. The second-order valence-electron chi connectivity index (χ2n) is 5.83. The summed E-state index contributed by atoms with van der Waals surface area (Å²) in [4.78, 5) is 0.316. The Morgan fingerprint density at radius 3 is 2.00 bits per heavy atom. The van der Waals surface area contributed by atoms with E-state index in [1.54, 1.807) is 23.0 Å². The van der Waals surface area contributed by atoms with Crippen molar-refractivity contribution in [3.63, 3.8) is 0 Å². The van der Waals surface area contributed by atoms with Gasteiger partial charge in [-0.3, -0.25) is 4.68 Å². The first-order valence-electron chi connectivity index (χ1n) is 6.65. The fourth-order valence-corrected chi connectivity index (χ4v) is 3.91. The van der Waals surface area contributed by atoms with Crippen LogP contribution in [0.25, 0.3) is 0 Å². The SMILES string of the molecule is Cc1c(S(=O)(=O)N(CC(C)C)CC(C)C)cnn1C. The lowest BCUT2D eigenvalue weighted by Crippen LogP contribution is -2.37. The highest BCUT2D eigenvalue weighted by atomic mass is 32.2. The summed E-state index contributed by atoms with van der Waals surface area (Å²) >= 11 is 0. The maximum atomic E-state index is 12.7. The predicted molar refractivity (Wildman–Crippen MR) is 76.4 cm³/mol. The van der Waals surface area contributed by atoms with Gasteiger partial charge >= 0.3 is 0 Å². The molecule has 0 aliphatic carbocycles. The van der Waals surface area contributed by atoms with Gasteiger partial charge in [-0.25, -0.2) is 8.42 Å². The minimum atomic E-state index is -3.45. The zero-order valence-corrected chi connectivity index (χ0v) is 13.5. The van der Waals surface area contributed by atoms with Crippen molar-refractivity contribution >= 4 is 10.0 Å². The molecule has 0 amide bonds. The van der Waals surface area contributed by atoms with Crippen LogP contribution in [0.3, 0.4) is 0 Å². The highest BCUT2D eigenvalue weighted by Gasteiger charge is 2.28. The standard InChI is InChI=1S/C13H25N3O2S/c1-10(2)8-16(9-11(3)4)19(17,18)13-7-14-15(6)12(13)5/h7,10-11H,8-9H2,1-6H3. The van der Waals surface area contributed by atoms with E-state index in [0.717, 1.165) is 0 Å². The zero-order chi connectivity index (χ0) is 14.8. The van der Waals surface area contributed by atoms with Crippen LogP contribution < -0.4 is 0 Å². The quantitative estimate of drug-likeness (QED) is 0.804. The Balaban J connectivity index is 3.15. The lowest BCUT2D eigenvalue weighted by atomic mass is 10.2. The monoisotopic (exact) mass is 287 g/mol. The average Bonchev–Trinajstić information content (AvgIpc) is 2.58. The Kier molecular flexibility index (Phi) is 5.15. The van der Waals surface area contributed by atoms with Gasteiger partial charge in [0.15, 0.2) is 0 Å². The van der Waals surface area contributed by atoms with Crippen LogP contribution in [0.2, 0.25) is 0 Å². The van der Waals surface area contributed by atoms with Gasteiger partial charge in [-0.1, -0.05) is 27.7 Å². The number of nitrogens with zero attached hydrogens (tertiary/aromatic N) is 3. The molecule has 0 N–H and O–H groups in total. The van der Waals surface area contributed by atoms with Gasteiger partial charge in [0, 0.05) is 20.1 Å². The van der Waals surface area contributed by atoms with Gasteiger partial charge < -0.3 is 0 Å². The minimum Gasteiger partial charge on any atom is -0.272 e. The van der Waals surface area contributed by atoms with E-state index in [1.165, 1.54) is 6.20 Å². The molecule has 1 rings (SSSR count). The molecule has 0 spiro atoms. The smallest absolute Gasteiger partial charge is 0.246 e. The Labute approximate surface area is 116 Å². The van der Waals surface area contributed by atoms with Gasteiger partial charge in [0.2, 0.25) is 10.0 Å². The van der Waals surface area contributed by atoms with E-state index >= 15 is 0 Å². The Morgan fingerprint density at radius 2 is 1.68 bits per heavy atom. The molecule has 1 aromatic rings. The second-order valence-corrected chi connectivity index (χ2v) is 7.73. The Morgan fingerprint density at radius 1 is 1.21 bits per heavy atom. The van der Waals surface area contributed by atoms with Crippen molar-refractivity contribution in [3.05, 3.63) is 11.9 Å². The lowest BCUT2D eigenvalue weighted by molar-refractivity contribution is 0.333. The average molecular weight is 287 g/mol. The first-order valence-corrected chi connectivity index (χ1v) is 8.09. The number of aromatic nitrogens is 2. The molecule has 0 radical (unpaired) electrons. The number of aryl methyl sites for hydroxylation is 1. The zero-order valence-electron chi connectivity index (χ0n) is 12.7. The van der Waals surface area contributed by atoms with Crippen LogP contribution in [0.15, 0.2) is 11.1 Å². The van der Waals surface area contributed by atoms with E-state index < -0.39 is 10.0 Å². The molecule has 0 saturated carbocycles. The molecule has 0 aliphatic heterocycles. The Hall–Kier alpha value is -0.880. The predicted octanol–water partition coefficient (Wildman–Crippen LogP) is 2.03. The molecule has 0 saturated heterocycles. The molecular weight excluding hydrogens is 262 g/mol. The van der Waals surface area contributed by atoms with Gasteiger partial charge in [0.05, 0.1) is 11.9 Å². The van der Waals surface area contributed by atoms with Crippen LogP contribution in [0.4, 0.5) is 0 Å². The van der Waals surface area contributed by atoms with Gasteiger partial charge in [-0.2, -0.15) is 9.40 Å². The number of rotatable bonds is 6. The molecule has 110 valence electrons. The molecular formula is C13H25N3O2S. The van der Waals surface area contributed by atoms with Crippen molar-refractivity contribution in [1.82, 2.24) is 14.1 Å². The van der Waals surface area contributed by atoms with E-state index in [1.807, 2.05) is 27.7 Å². The largest absolute Gasteiger partial charge is 0.272 e. The third-order valence-electron chi connectivity index (χ3n) is 2.95. The summed E-state index contributed by atoms with van der Waals surface area (Å²) in [6, 6.07) is 0. The van der Waals surface area contributed by atoms with Crippen molar-refractivity contribution in [2.45, 2.75) is 39.5 Å². The van der Waals surface area contributed by atoms with Crippen molar-refractivity contribution in [3.8, 4) is 0 Å². The first-order chi connectivity index (χ1) is 8.66. The van der Waals surface area contributed by atoms with E-state index in [2.05, 4.69) is 5.10 Å². The highest BCUT2D eigenvalue weighted by Crippen LogP contribution is 2.21. The van der Waals surface area contributed by atoms with E-state index in [0.29, 0.717) is 35.5 Å². The van der Waals surface area contributed by atoms with Crippen molar-refractivity contribution in [2.75, 3.05) is 13.1 Å². The first kappa shape index (κ1) is 16.2. The van der Waals surface area contributed by atoms with Crippen LogP contribution in [0.5, 0.6) is 0 Å². The molecule has 5 nitrogen and oxygen atoms in total. The third kappa shape index (κ3) is 3.79. The van der Waals surface area contributed by atoms with Gasteiger partial charge in [0.25, 0.3) is 0 Å². The van der Waals surface area contributed by atoms with Gasteiger partial charge in [-0.15, -0.1) is 0 Å². The summed E-state index contributed by atoms with van der Waals surface area (Å²) in [5.74, 6) is 0.594. The number of hydrogen-bond acceptors (Lipinski definition) is 3. The third-order valence-corrected chi connectivity index (χ3v) is 4.88. The van der Waals surface area contributed by atoms with Crippen LogP contribution in [0, 0.1) is 18.8 Å². The van der Waals surface area contributed by atoms with E-state index in [-0.39, 0.29) is 0 Å². The molecule has 19 heavy (non-hydrogen) atoms. The molecule has 0 atom stereocenters. The van der Waals surface area contributed by atoms with Crippen LogP contribution >= 0.6 is 0 Å². The van der Waals surface area contributed by atoms with E-state index in [4.69, 9.17) is 0 Å². The van der Waals surface area contributed by atoms with Gasteiger partial charge in [0.1, 0.15) is 4.90 Å². The summed E-state index contributed by atoms with van der Waals surface area (Å²) in [7, 11) is -1.70. The summed E-state index contributed by atoms with van der Waals surface area (Å²) < 4.78 is 28.6. The Bertz CT molecular complexity index is 508. The summed E-state index contributed by atoms with van der Waals surface area (Å²) in [5, 5.41) is 4.03. The molecule has 1 heterocycles. The molecule has 1 aromatic heterocycles. The summed E-state index contributed by atoms with van der Waals surface area (Å²) in [6.45, 7) is 11.0. The van der Waals surface area contributed by atoms with Crippen molar-refractivity contribution in [1.29, 1.82) is 0 Å². The van der Waals surface area contributed by atoms with E-state index in [9.17, 15) is 8.42 Å². The van der Waals surface area contributed by atoms with Crippen molar-refractivity contribution in [2.24, 2.45) is 18.9 Å². The van der Waals surface area contributed by atoms with Crippen molar-refractivity contribution < 1.29 is 8.42 Å². The molecule has 0 unspecified atom stereocenters. The molecule has 6 heteroatoms. The lowest BCUT2D eigenvalue weighted by Gasteiger charge is -2.25. The molecule has 0 fully saturated rings. The molecule has 0 aromatic carbocycles. The maximum absolute atomic E-state index is 12.7. The normalized spacial score (nSPS) is 12.9. The summed E-state index contributed by atoms with van der Waals surface area (Å²) in [6.07, 6.45) is 1.44. The number of hydrogen-bond donors (Lipinski definition) is 0. The molecule has 0 aliphatic rings. The topological polar surface area (TPSA) is 55.2 Å². The maximum Gasteiger partial charge on any atom is 0.246 e. The minimum absolute atomic E-state index is 0.297. The van der Waals surface area contributed by atoms with Crippen LogP contribution in [-0.2, 0) is 17.1 Å². The van der Waals surface area contributed by atoms with Gasteiger partial charge in [-0.05, 0) is 18.8 Å². The van der Waals surface area contributed by atoms with Crippen LogP contribution in [0.1, 0.15) is 33.4 Å². The fourth-order valence-electron chi connectivity index (χ4n) is 1.96.